The molecule has 0 aromatic rings. The summed E-state index contributed by atoms with van der Waals surface area (Å²) in [6, 6.07) is -0.0556. The van der Waals surface area contributed by atoms with E-state index < -0.39 is 0 Å². The standard InChI is InChI=1S/C7H13NO2/c1-5-3-6(8-4-5)7(9)10-2/h5-6,8H,3-4H2,1-2H3/t5-,6?/m1/s1. The molecule has 1 aliphatic rings. The SMILES string of the molecule is COC(=O)C1C[C@@H](C)CN1. The van der Waals surface area contributed by atoms with Gasteiger partial charge in [-0.15, -0.1) is 0 Å². The number of carbonyl (C=O) groups excluding carboxylic acids is 1. The summed E-state index contributed by atoms with van der Waals surface area (Å²) in [5.74, 6) is 0.466. The van der Waals surface area contributed by atoms with Crippen molar-refractivity contribution in [3.05, 3.63) is 0 Å². The summed E-state index contributed by atoms with van der Waals surface area (Å²) in [6.45, 7) is 3.05. The molecule has 2 atom stereocenters. The molecule has 0 aromatic carbocycles. The molecule has 1 rings (SSSR count). The number of nitrogens with one attached hydrogen (secondary N) is 1. The van der Waals surface area contributed by atoms with Crippen molar-refractivity contribution in [2.75, 3.05) is 13.7 Å². The highest BCUT2D eigenvalue weighted by atomic mass is 16.5. The van der Waals surface area contributed by atoms with Crippen LogP contribution in [0.1, 0.15) is 13.3 Å². The van der Waals surface area contributed by atoms with Crippen molar-refractivity contribution >= 4 is 5.97 Å². The number of carbonyl (C=O) groups is 1. The van der Waals surface area contributed by atoms with Crippen molar-refractivity contribution in [2.24, 2.45) is 5.92 Å². The quantitative estimate of drug-likeness (QED) is 0.531. The van der Waals surface area contributed by atoms with Gasteiger partial charge in [0.15, 0.2) is 0 Å². The third-order valence-electron chi connectivity index (χ3n) is 1.84. The fourth-order valence-corrected chi connectivity index (χ4v) is 1.23. The lowest BCUT2D eigenvalue weighted by Gasteiger charge is -2.05. The van der Waals surface area contributed by atoms with Crippen LogP contribution in [0.5, 0.6) is 0 Å². The highest BCUT2D eigenvalue weighted by molar-refractivity contribution is 5.75. The lowest BCUT2D eigenvalue weighted by atomic mass is 10.1. The minimum atomic E-state index is -0.135. The summed E-state index contributed by atoms with van der Waals surface area (Å²) >= 11 is 0. The molecule has 10 heavy (non-hydrogen) atoms. The van der Waals surface area contributed by atoms with E-state index in [1.165, 1.54) is 7.11 Å². The Morgan fingerprint density at radius 1 is 1.70 bits per heavy atom. The second-order valence-corrected chi connectivity index (χ2v) is 2.82. The van der Waals surface area contributed by atoms with Gasteiger partial charge in [0.2, 0.25) is 0 Å². The molecule has 0 aromatic heterocycles. The molecule has 1 saturated heterocycles. The lowest BCUT2D eigenvalue weighted by Crippen LogP contribution is -2.31. The molecule has 1 aliphatic heterocycles. The zero-order valence-electron chi connectivity index (χ0n) is 6.39. The molecule has 0 saturated carbocycles. The van der Waals surface area contributed by atoms with Crippen molar-refractivity contribution in [2.45, 2.75) is 19.4 Å². The van der Waals surface area contributed by atoms with Gasteiger partial charge in [0.05, 0.1) is 7.11 Å². The maximum absolute atomic E-state index is 10.9. The number of hydrogen-bond donors (Lipinski definition) is 1. The molecule has 0 amide bonds. The van der Waals surface area contributed by atoms with Crippen LogP contribution < -0.4 is 5.32 Å². The lowest BCUT2D eigenvalue weighted by molar-refractivity contribution is -0.142. The zero-order chi connectivity index (χ0) is 7.56. The van der Waals surface area contributed by atoms with E-state index >= 15 is 0 Å². The predicted octanol–water partition coefficient (Wildman–Crippen LogP) is 0.157. The van der Waals surface area contributed by atoms with Crippen LogP contribution >= 0.6 is 0 Å². The molecule has 3 nitrogen and oxygen atoms in total. The summed E-state index contributed by atoms with van der Waals surface area (Å²) in [5, 5.41) is 3.08. The van der Waals surface area contributed by atoms with Crippen molar-refractivity contribution < 1.29 is 9.53 Å². The Bertz CT molecular complexity index is 136. The maximum atomic E-state index is 10.9. The van der Waals surface area contributed by atoms with Crippen LogP contribution in [0.15, 0.2) is 0 Å². The molecule has 0 bridgehead atoms. The monoisotopic (exact) mass is 143 g/mol. The molecular weight excluding hydrogens is 130 g/mol. The second-order valence-electron chi connectivity index (χ2n) is 2.82. The van der Waals surface area contributed by atoms with E-state index in [4.69, 9.17) is 0 Å². The normalized spacial score (nSPS) is 32.2. The number of ether oxygens (including phenoxy) is 1. The van der Waals surface area contributed by atoms with Crippen LogP contribution in [0.25, 0.3) is 0 Å². The summed E-state index contributed by atoms with van der Waals surface area (Å²) in [7, 11) is 1.42. The Morgan fingerprint density at radius 3 is 2.80 bits per heavy atom. The topological polar surface area (TPSA) is 38.3 Å². The number of rotatable bonds is 1. The molecule has 1 N–H and O–H groups in total. The highest BCUT2D eigenvalue weighted by Gasteiger charge is 2.26. The Labute approximate surface area is 60.7 Å². The van der Waals surface area contributed by atoms with Crippen molar-refractivity contribution in [1.82, 2.24) is 5.32 Å². The zero-order valence-corrected chi connectivity index (χ0v) is 6.39. The first-order valence-corrected chi connectivity index (χ1v) is 3.55. The van der Waals surface area contributed by atoms with E-state index in [1.54, 1.807) is 0 Å². The fourth-order valence-electron chi connectivity index (χ4n) is 1.23. The molecule has 0 spiro atoms. The largest absolute Gasteiger partial charge is 0.468 e. The third kappa shape index (κ3) is 1.48. The van der Waals surface area contributed by atoms with Gasteiger partial charge in [0.1, 0.15) is 6.04 Å². The van der Waals surface area contributed by atoms with Crippen molar-refractivity contribution in [3.8, 4) is 0 Å². The van der Waals surface area contributed by atoms with Gasteiger partial charge in [-0.2, -0.15) is 0 Å². The fraction of sp³-hybridized carbons (Fsp3) is 0.857. The van der Waals surface area contributed by atoms with Crippen LogP contribution in [0.4, 0.5) is 0 Å². The first-order chi connectivity index (χ1) is 4.74. The van der Waals surface area contributed by atoms with E-state index in [1.807, 2.05) is 0 Å². The van der Waals surface area contributed by atoms with Gasteiger partial charge in [-0.25, -0.2) is 0 Å². The molecule has 1 fully saturated rings. The van der Waals surface area contributed by atoms with E-state index in [9.17, 15) is 4.79 Å². The van der Waals surface area contributed by atoms with Gasteiger partial charge in [-0.05, 0) is 18.9 Å². The molecule has 1 heterocycles. The van der Waals surface area contributed by atoms with Crippen LogP contribution in [-0.2, 0) is 9.53 Å². The van der Waals surface area contributed by atoms with Crippen LogP contribution in [0.2, 0.25) is 0 Å². The molecule has 3 heteroatoms. The van der Waals surface area contributed by atoms with Gasteiger partial charge in [0.25, 0.3) is 0 Å². The molecule has 0 aliphatic carbocycles. The van der Waals surface area contributed by atoms with Gasteiger partial charge >= 0.3 is 5.97 Å². The van der Waals surface area contributed by atoms with E-state index in [-0.39, 0.29) is 12.0 Å². The van der Waals surface area contributed by atoms with E-state index in [0.717, 1.165) is 13.0 Å². The van der Waals surface area contributed by atoms with Crippen LogP contribution in [0, 0.1) is 5.92 Å². The molecular formula is C7H13NO2. The highest BCUT2D eigenvalue weighted by Crippen LogP contribution is 2.13. The van der Waals surface area contributed by atoms with Crippen LogP contribution in [0.3, 0.4) is 0 Å². The number of methoxy groups -OCH3 is 1. The number of esters is 1. The first-order valence-electron chi connectivity index (χ1n) is 3.55. The first kappa shape index (κ1) is 7.54. The maximum Gasteiger partial charge on any atom is 0.322 e. The van der Waals surface area contributed by atoms with Crippen molar-refractivity contribution in [3.63, 3.8) is 0 Å². The van der Waals surface area contributed by atoms with Gasteiger partial charge in [-0.1, -0.05) is 6.92 Å². The van der Waals surface area contributed by atoms with Gasteiger partial charge < -0.3 is 10.1 Å². The summed E-state index contributed by atoms with van der Waals surface area (Å²) in [5.41, 5.74) is 0. The smallest absolute Gasteiger partial charge is 0.322 e. The number of hydrogen-bond acceptors (Lipinski definition) is 3. The van der Waals surface area contributed by atoms with Crippen LogP contribution in [-0.4, -0.2) is 25.7 Å². The van der Waals surface area contributed by atoms with Crippen molar-refractivity contribution in [1.29, 1.82) is 0 Å². The summed E-state index contributed by atoms with van der Waals surface area (Å²) in [6.07, 6.45) is 0.909. The third-order valence-corrected chi connectivity index (χ3v) is 1.84. The van der Waals surface area contributed by atoms with E-state index in [2.05, 4.69) is 17.0 Å². The van der Waals surface area contributed by atoms with Gasteiger partial charge in [-0.3, -0.25) is 4.79 Å². The average molecular weight is 143 g/mol. The van der Waals surface area contributed by atoms with E-state index in [0.29, 0.717) is 5.92 Å². The summed E-state index contributed by atoms with van der Waals surface area (Å²) < 4.78 is 4.58. The average Bonchev–Trinajstić information content (AvgIpc) is 2.34. The molecule has 1 unspecified atom stereocenters. The Kier molecular flexibility index (Phi) is 2.27. The second kappa shape index (κ2) is 3.01. The predicted molar refractivity (Wildman–Crippen MR) is 37.6 cm³/mol. The van der Waals surface area contributed by atoms with Gasteiger partial charge in [0, 0.05) is 0 Å². The summed E-state index contributed by atoms with van der Waals surface area (Å²) in [4.78, 5) is 10.9. The minimum Gasteiger partial charge on any atom is -0.468 e. The Hall–Kier alpha value is -0.570. The molecule has 0 radical (unpaired) electrons. The molecule has 58 valence electrons. The minimum absolute atomic E-state index is 0.0556. The Balaban J connectivity index is 2.37. The Morgan fingerprint density at radius 2 is 2.40 bits per heavy atom.